The van der Waals surface area contributed by atoms with Crippen LogP contribution in [0.2, 0.25) is 0 Å². The number of carboxylic acids is 1. The Labute approximate surface area is 153 Å². The van der Waals surface area contributed by atoms with Gasteiger partial charge in [-0.1, -0.05) is 12.1 Å². The van der Waals surface area contributed by atoms with Crippen molar-refractivity contribution in [1.29, 1.82) is 0 Å². The number of hydrogen-bond donors (Lipinski definition) is 1. The normalized spacial score (nSPS) is 18.7. The van der Waals surface area contributed by atoms with E-state index in [-0.39, 0.29) is 18.7 Å². The molecule has 2 aromatic carbocycles. The van der Waals surface area contributed by atoms with Crippen LogP contribution in [0.15, 0.2) is 42.5 Å². The van der Waals surface area contributed by atoms with Gasteiger partial charge in [0, 0.05) is 23.3 Å². The Bertz CT molecular complexity index is 988. The molecule has 1 heterocycles. The average molecular weight is 371 g/mol. The lowest BCUT2D eigenvalue weighted by atomic mass is 9.76. The Morgan fingerprint density at radius 1 is 1.15 bits per heavy atom. The maximum absolute atomic E-state index is 14.0. The third kappa shape index (κ3) is 2.52. The van der Waals surface area contributed by atoms with E-state index in [1.807, 2.05) is 0 Å². The molecule has 132 valence electrons. The van der Waals surface area contributed by atoms with Crippen LogP contribution in [0, 0.1) is 18.6 Å². The van der Waals surface area contributed by atoms with Crippen molar-refractivity contribution in [3.05, 3.63) is 75.8 Å². The SMILES string of the molecule is Cc1c(F)cccc1C1(C(=O)O)Cc2nc(-c3ccc(F)cc3)sc2C1. The molecular weight excluding hydrogens is 356 g/mol. The van der Waals surface area contributed by atoms with Crippen LogP contribution in [0.4, 0.5) is 8.78 Å². The van der Waals surface area contributed by atoms with E-state index in [9.17, 15) is 18.7 Å². The Hall–Kier alpha value is -2.60. The molecule has 1 aliphatic rings. The molecule has 1 unspecified atom stereocenters. The van der Waals surface area contributed by atoms with Crippen molar-refractivity contribution in [1.82, 2.24) is 4.98 Å². The lowest BCUT2D eigenvalue weighted by molar-refractivity contribution is -0.143. The zero-order chi connectivity index (χ0) is 18.5. The van der Waals surface area contributed by atoms with Gasteiger partial charge < -0.3 is 5.11 Å². The fraction of sp³-hybridized carbons (Fsp3) is 0.200. The van der Waals surface area contributed by atoms with Gasteiger partial charge in [-0.2, -0.15) is 0 Å². The molecule has 1 atom stereocenters. The van der Waals surface area contributed by atoms with Gasteiger partial charge in [-0.15, -0.1) is 11.3 Å². The van der Waals surface area contributed by atoms with Crippen LogP contribution in [-0.2, 0) is 23.1 Å². The van der Waals surface area contributed by atoms with Crippen LogP contribution >= 0.6 is 11.3 Å². The molecule has 6 heteroatoms. The summed E-state index contributed by atoms with van der Waals surface area (Å²) < 4.78 is 27.1. The number of carbonyl (C=O) groups is 1. The summed E-state index contributed by atoms with van der Waals surface area (Å²) in [7, 11) is 0. The van der Waals surface area contributed by atoms with Crippen LogP contribution in [0.5, 0.6) is 0 Å². The maximum Gasteiger partial charge on any atom is 0.314 e. The van der Waals surface area contributed by atoms with Gasteiger partial charge in [0.15, 0.2) is 0 Å². The van der Waals surface area contributed by atoms with E-state index >= 15 is 0 Å². The van der Waals surface area contributed by atoms with Gasteiger partial charge in [-0.3, -0.25) is 4.79 Å². The molecule has 0 fully saturated rings. The summed E-state index contributed by atoms with van der Waals surface area (Å²) in [5.41, 5.74) is 1.19. The molecule has 0 saturated heterocycles. The molecule has 1 N–H and O–H groups in total. The first kappa shape index (κ1) is 16.8. The lowest BCUT2D eigenvalue weighted by Gasteiger charge is -2.26. The molecule has 4 rings (SSSR count). The number of aromatic nitrogens is 1. The van der Waals surface area contributed by atoms with Crippen molar-refractivity contribution in [3.8, 4) is 10.6 Å². The predicted molar refractivity (Wildman–Crippen MR) is 95.4 cm³/mol. The van der Waals surface area contributed by atoms with E-state index in [0.717, 1.165) is 21.1 Å². The van der Waals surface area contributed by atoms with Crippen molar-refractivity contribution in [2.24, 2.45) is 0 Å². The Kier molecular flexibility index (Phi) is 3.88. The summed E-state index contributed by atoms with van der Waals surface area (Å²) in [6, 6.07) is 10.6. The van der Waals surface area contributed by atoms with Crippen LogP contribution in [0.3, 0.4) is 0 Å². The zero-order valence-electron chi connectivity index (χ0n) is 13.9. The monoisotopic (exact) mass is 371 g/mol. The van der Waals surface area contributed by atoms with Gasteiger partial charge in [0.25, 0.3) is 0 Å². The van der Waals surface area contributed by atoms with Crippen LogP contribution in [0.1, 0.15) is 21.7 Å². The van der Waals surface area contributed by atoms with E-state index in [1.165, 1.54) is 29.5 Å². The zero-order valence-corrected chi connectivity index (χ0v) is 14.7. The van der Waals surface area contributed by atoms with Gasteiger partial charge in [0.1, 0.15) is 22.1 Å². The van der Waals surface area contributed by atoms with Crippen molar-refractivity contribution in [3.63, 3.8) is 0 Å². The number of hydrogen-bond acceptors (Lipinski definition) is 3. The summed E-state index contributed by atoms with van der Waals surface area (Å²) >= 11 is 1.41. The number of carboxylic acid groups (broad SMARTS) is 1. The molecule has 1 aliphatic carbocycles. The first-order valence-corrected chi connectivity index (χ1v) is 8.96. The van der Waals surface area contributed by atoms with Crippen molar-refractivity contribution < 1.29 is 18.7 Å². The van der Waals surface area contributed by atoms with Gasteiger partial charge >= 0.3 is 5.97 Å². The van der Waals surface area contributed by atoms with E-state index in [4.69, 9.17) is 0 Å². The number of rotatable bonds is 3. The predicted octanol–water partition coefficient (Wildman–Crippen LogP) is 4.52. The van der Waals surface area contributed by atoms with Crippen molar-refractivity contribution in [2.45, 2.75) is 25.2 Å². The number of thiazole rings is 1. The second-order valence-electron chi connectivity index (χ2n) is 6.55. The van der Waals surface area contributed by atoms with Crippen molar-refractivity contribution >= 4 is 17.3 Å². The standard InChI is InChI=1S/C20H15F2NO2S/c1-11-14(3-2-4-15(11)22)20(19(24)25)9-16-17(10-20)26-18(23-16)12-5-7-13(21)8-6-12/h2-8H,9-10H2,1H3,(H,24,25). The molecule has 0 saturated carbocycles. The van der Waals surface area contributed by atoms with Gasteiger partial charge in [-0.25, -0.2) is 13.8 Å². The Morgan fingerprint density at radius 2 is 1.88 bits per heavy atom. The Morgan fingerprint density at radius 3 is 2.54 bits per heavy atom. The first-order valence-electron chi connectivity index (χ1n) is 8.14. The summed E-state index contributed by atoms with van der Waals surface area (Å²) in [5, 5.41) is 10.7. The number of nitrogens with zero attached hydrogens (tertiary/aromatic N) is 1. The summed E-state index contributed by atoms with van der Waals surface area (Å²) in [5.74, 6) is -1.69. The van der Waals surface area contributed by atoms with E-state index in [0.29, 0.717) is 11.1 Å². The van der Waals surface area contributed by atoms with Crippen LogP contribution < -0.4 is 0 Å². The highest BCUT2D eigenvalue weighted by Gasteiger charge is 2.48. The third-order valence-corrected chi connectivity index (χ3v) is 6.14. The number of halogens is 2. The quantitative estimate of drug-likeness (QED) is 0.737. The molecule has 0 bridgehead atoms. The highest BCUT2D eigenvalue weighted by atomic mass is 32.1. The number of aliphatic carboxylic acids is 1. The van der Waals surface area contributed by atoms with Crippen LogP contribution in [0.25, 0.3) is 10.6 Å². The molecule has 1 aromatic heterocycles. The minimum absolute atomic E-state index is 0.222. The molecule has 3 nitrogen and oxygen atoms in total. The molecular formula is C20H15F2NO2S. The average Bonchev–Trinajstić information content (AvgIpc) is 3.15. The summed E-state index contributed by atoms with van der Waals surface area (Å²) in [6.45, 7) is 1.61. The largest absolute Gasteiger partial charge is 0.481 e. The Balaban J connectivity index is 1.74. The summed E-state index contributed by atoms with van der Waals surface area (Å²) in [4.78, 5) is 17.6. The minimum atomic E-state index is -1.19. The second kappa shape index (κ2) is 5.99. The highest BCUT2D eigenvalue weighted by Crippen LogP contribution is 2.45. The first-order chi connectivity index (χ1) is 12.4. The second-order valence-corrected chi connectivity index (χ2v) is 7.63. The minimum Gasteiger partial charge on any atom is -0.481 e. The highest BCUT2D eigenvalue weighted by molar-refractivity contribution is 7.15. The summed E-state index contributed by atoms with van der Waals surface area (Å²) in [6.07, 6.45) is 0.500. The van der Waals surface area contributed by atoms with E-state index < -0.39 is 17.2 Å². The van der Waals surface area contributed by atoms with E-state index in [1.54, 1.807) is 31.2 Å². The molecule has 0 radical (unpaired) electrons. The third-order valence-electron chi connectivity index (χ3n) is 4.99. The fourth-order valence-electron chi connectivity index (χ4n) is 3.58. The molecule has 0 aliphatic heterocycles. The lowest BCUT2D eigenvalue weighted by Crippen LogP contribution is -2.37. The van der Waals surface area contributed by atoms with Gasteiger partial charge in [0.2, 0.25) is 0 Å². The number of benzene rings is 2. The van der Waals surface area contributed by atoms with Crippen LogP contribution in [-0.4, -0.2) is 16.1 Å². The number of fused-ring (bicyclic) bond motifs is 1. The smallest absolute Gasteiger partial charge is 0.314 e. The fourth-order valence-corrected chi connectivity index (χ4v) is 4.78. The van der Waals surface area contributed by atoms with Gasteiger partial charge in [-0.05, 0) is 48.4 Å². The molecule has 0 amide bonds. The topological polar surface area (TPSA) is 50.2 Å². The van der Waals surface area contributed by atoms with Crippen molar-refractivity contribution in [2.75, 3.05) is 0 Å². The molecule has 3 aromatic rings. The molecule has 26 heavy (non-hydrogen) atoms. The van der Waals surface area contributed by atoms with E-state index in [2.05, 4.69) is 4.98 Å². The van der Waals surface area contributed by atoms with Gasteiger partial charge in [0.05, 0.1) is 5.69 Å². The molecule has 0 spiro atoms. The maximum atomic E-state index is 14.0.